The van der Waals surface area contributed by atoms with Crippen molar-refractivity contribution in [1.29, 1.82) is 0 Å². The summed E-state index contributed by atoms with van der Waals surface area (Å²) in [4.78, 5) is 21.2. The molecule has 0 atom stereocenters. The lowest BCUT2D eigenvalue weighted by Gasteiger charge is -2.08. The van der Waals surface area contributed by atoms with E-state index in [-0.39, 0.29) is 0 Å². The number of rotatable bonds is 6. The van der Waals surface area contributed by atoms with E-state index in [1.54, 1.807) is 12.1 Å². The largest absolute Gasteiger partial charge is 0.492 e. The first-order valence-corrected chi connectivity index (χ1v) is 5.99. The fourth-order valence-electron chi connectivity index (χ4n) is 1.08. The molecule has 0 heterocycles. The zero-order valence-electron chi connectivity index (χ0n) is 9.48. The molecule has 1 aromatic rings. The second-order valence-corrected chi connectivity index (χ2v) is 4.22. The monoisotopic (exact) mass is 316 g/mol. The van der Waals surface area contributed by atoms with Gasteiger partial charge in [-0.3, -0.25) is 4.79 Å². The Morgan fingerprint density at radius 2 is 1.89 bits per heavy atom. The third-order valence-corrected chi connectivity index (χ3v) is 2.40. The molecule has 3 N–H and O–H groups in total. The number of amides is 2. The van der Waals surface area contributed by atoms with Gasteiger partial charge in [0.05, 0.1) is 6.54 Å². The Bertz CT molecular complexity index is 408. The number of aliphatic carboxylic acids is 1. The molecule has 0 aliphatic rings. The fourth-order valence-corrected chi connectivity index (χ4v) is 1.35. The molecule has 0 fully saturated rings. The molecule has 18 heavy (non-hydrogen) atoms. The zero-order chi connectivity index (χ0) is 13.4. The number of carbonyl (C=O) groups excluding carboxylic acids is 1. The molecule has 0 saturated carbocycles. The van der Waals surface area contributed by atoms with Crippen molar-refractivity contribution < 1.29 is 19.4 Å². The minimum atomic E-state index is -1.09. The molecule has 0 unspecified atom stereocenters. The van der Waals surface area contributed by atoms with Crippen LogP contribution in [0.25, 0.3) is 0 Å². The number of halogens is 1. The van der Waals surface area contributed by atoms with Crippen LogP contribution in [0.15, 0.2) is 28.7 Å². The number of hydrogen-bond donors (Lipinski definition) is 3. The van der Waals surface area contributed by atoms with Crippen LogP contribution in [0.3, 0.4) is 0 Å². The van der Waals surface area contributed by atoms with Crippen molar-refractivity contribution in [1.82, 2.24) is 10.6 Å². The average Bonchev–Trinajstić information content (AvgIpc) is 2.34. The van der Waals surface area contributed by atoms with E-state index in [4.69, 9.17) is 9.84 Å². The number of carboxylic acids is 1. The molecule has 0 saturated heterocycles. The lowest BCUT2D eigenvalue weighted by atomic mass is 10.3. The first-order chi connectivity index (χ1) is 8.58. The third kappa shape index (κ3) is 6.09. The first-order valence-electron chi connectivity index (χ1n) is 5.20. The van der Waals surface area contributed by atoms with Gasteiger partial charge >= 0.3 is 12.0 Å². The third-order valence-electron chi connectivity index (χ3n) is 1.87. The fraction of sp³-hybridized carbons (Fsp3) is 0.273. The number of hydrogen-bond acceptors (Lipinski definition) is 3. The predicted molar refractivity (Wildman–Crippen MR) is 68.7 cm³/mol. The van der Waals surface area contributed by atoms with E-state index in [9.17, 15) is 9.59 Å². The van der Waals surface area contributed by atoms with Crippen molar-refractivity contribution in [2.75, 3.05) is 19.7 Å². The van der Waals surface area contributed by atoms with Crippen LogP contribution in [0.1, 0.15) is 0 Å². The molecule has 6 nitrogen and oxygen atoms in total. The highest BCUT2D eigenvalue weighted by atomic mass is 79.9. The number of nitrogens with one attached hydrogen (secondary N) is 2. The smallest absolute Gasteiger partial charge is 0.323 e. The molecule has 1 aromatic carbocycles. The maximum absolute atomic E-state index is 11.1. The van der Waals surface area contributed by atoms with Gasteiger partial charge in [0.1, 0.15) is 18.9 Å². The van der Waals surface area contributed by atoms with E-state index in [0.717, 1.165) is 4.47 Å². The van der Waals surface area contributed by atoms with Crippen molar-refractivity contribution in [2.24, 2.45) is 0 Å². The highest BCUT2D eigenvalue weighted by Crippen LogP contribution is 2.15. The minimum Gasteiger partial charge on any atom is -0.492 e. The van der Waals surface area contributed by atoms with E-state index >= 15 is 0 Å². The molecular formula is C11H13BrN2O4. The van der Waals surface area contributed by atoms with E-state index < -0.39 is 18.5 Å². The zero-order valence-corrected chi connectivity index (χ0v) is 11.1. The van der Waals surface area contributed by atoms with Crippen molar-refractivity contribution in [2.45, 2.75) is 0 Å². The molecule has 0 spiro atoms. The van der Waals surface area contributed by atoms with Crippen molar-refractivity contribution >= 4 is 27.9 Å². The van der Waals surface area contributed by atoms with Crippen LogP contribution < -0.4 is 15.4 Å². The summed E-state index contributed by atoms with van der Waals surface area (Å²) in [6, 6.07) is 6.77. The van der Waals surface area contributed by atoms with Gasteiger partial charge in [0.15, 0.2) is 0 Å². The van der Waals surface area contributed by atoms with E-state index in [0.29, 0.717) is 18.9 Å². The Balaban J connectivity index is 2.13. The molecule has 2 amide bonds. The van der Waals surface area contributed by atoms with Crippen LogP contribution in [0, 0.1) is 0 Å². The van der Waals surface area contributed by atoms with Crippen molar-refractivity contribution in [3.8, 4) is 5.75 Å². The molecule has 0 bridgehead atoms. The number of urea groups is 1. The van der Waals surface area contributed by atoms with Crippen molar-refractivity contribution in [3.05, 3.63) is 28.7 Å². The Labute approximate surface area is 112 Å². The summed E-state index contributed by atoms with van der Waals surface area (Å²) in [5.74, 6) is -0.387. The second-order valence-electron chi connectivity index (χ2n) is 3.31. The topological polar surface area (TPSA) is 87.7 Å². The van der Waals surface area contributed by atoms with Gasteiger partial charge in [0.25, 0.3) is 0 Å². The summed E-state index contributed by atoms with van der Waals surface area (Å²) >= 11 is 3.31. The SMILES string of the molecule is O=C(O)CNC(=O)NCCOc1ccc(Br)cc1. The van der Waals surface area contributed by atoms with Crippen LogP contribution >= 0.6 is 15.9 Å². The maximum Gasteiger partial charge on any atom is 0.323 e. The normalized spacial score (nSPS) is 9.61. The number of ether oxygens (including phenoxy) is 1. The van der Waals surface area contributed by atoms with Gasteiger partial charge in [-0.1, -0.05) is 15.9 Å². The Kier molecular flexibility index (Phi) is 5.99. The quantitative estimate of drug-likeness (QED) is 0.688. The van der Waals surface area contributed by atoms with Crippen LogP contribution in [0.4, 0.5) is 4.79 Å². The summed E-state index contributed by atoms with van der Waals surface area (Å²) in [6.07, 6.45) is 0. The highest BCUT2D eigenvalue weighted by Gasteiger charge is 2.02. The van der Waals surface area contributed by atoms with Crippen LogP contribution in [-0.2, 0) is 4.79 Å². The lowest BCUT2D eigenvalue weighted by Crippen LogP contribution is -2.40. The molecule has 0 aliphatic heterocycles. The van der Waals surface area contributed by atoms with Gasteiger partial charge < -0.3 is 20.5 Å². The number of carbonyl (C=O) groups is 2. The van der Waals surface area contributed by atoms with E-state index in [2.05, 4.69) is 26.6 Å². The van der Waals surface area contributed by atoms with Crippen LogP contribution in [0.2, 0.25) is 0 Å². The van der Waals surface area contributed by atoms with Gasteiger partial charge in [0.2, 0.25) is 0 Å². The standard InChI is InChI=1S/C11H13BrN2O4/c12-8-1-3-9(4-2-8)18-6-5-13-11(17)14-7-10(15)16/h1-4H,5-7H2,(H,15,16)(H2,13,14,17). The molecular weight excluding hydrogens is 304 g/mol. The van der Waals surface area contributed by atoms with Gasteiger partial charge in [-0.15, -0.1) is 0 Å². The summed E-state index contributed by atoms with van der Waals surface area (Å²) < 4.78 is 6.32. The van der Waals surface area contributed by atoms with Gasteiger partial charge in [-0.2, -0.15) is 0 Å². The predicted octanol–water partition coefficient (Wildman–Crippen LogP) is 1.21. The summed E-state index contributed by atoms with van der Waals surface area (Å²) in [6.45, 7) is 0.197. The lowest BCUT2D eigenvalue weighted by molar-refractivity contribution is -0.135. The van der Waals surface area contributed by atoms with Crippen LogP contribution in [0.5, 0.6) is 5.75 Å². The molecule has 0 aromatic heterocycles. The minimum absolute atomic E-state index is 0.293. The first kappa shape index (κ1) is 14.3. The van der Waals surface area contributed by atoms with Gasteiger partial charge in [-0.05, 0) is 24.3 Å². The summed E-state index contributed by atoms with van der Waals surface area (Å²) in [5, 5.41) is 13.0. The number of carboxylic acid groups (broad SMARTS) is 1. The molecule has 0 radical (unpaired) electrons. The average molecular weight is 317 g/mol. The summed E-state index contributed by atoms with van der Waals surface area (Å²) in [7, 11) is 0. The molecule has 98 valence electrons. The van der Waals surface area contributed by atoms with Crippen LogP contribution in [-0.4, -0.2) is 36.8 Å². The molecule has 0 aliphatic carbocycles. The van der Waals surface area contributed by atoms with Gasteiger partial charge in [-0.25, -0.2) is 4.79 Å². The molecule has 7 heteroatoms. The maximum atomic E-state index is 11.1. The number of benzene rings is 1. The Hall–Kier alpha value is -1.76. The van der Waals surface area contributed by atoms with E-state index in [1.165, 1.54) is 0 Å². The Morgan fingerprint density at radius 3 is 2.50 bits per heavy atom. The Morgan fingerprint density at radius 1 is 1.22 bits per heavy atom. The van der Waals surface area contributed by atoms with Crippen molar-refractivity contribution in [3.63, 3.8) is 0 Å². The van der Waals surface area contributed by atoms with Gasteiger partial charge in [0, 0.05) is 4.47 Å². The summed E-state index contributed by atoms with van der Waals surface area (Å²) in [5.41, 5.74) is 0. The highest BCUT2D eigenvalue weighted by molar-refractivity contribution is 9.10. The second kappa shape index (κ2) is 7.54. The van der Waals surface area contributed by atoms with E-state index in [1.807, 2.05) is 12.1 Å². The molecule has 1 rings (SSSR count).